The van der Waals surface area contributed by atoms with Crippen LogP contribution in [0.15, 0.2) is 17.4 Å². The number of ether oxygens (including phenoxy) is 3. The first-order valence-electron chi connectivity index (χ1n) is 8.94. The third kappa shape index (κ3) is 6.11. The minimum atomic E-state index is -0.621. The number of hydrogen-bond donors (Lipinski definition) is 1. The van der Waals surface area contributed by atoms with E-state index in [4.69, 9.17) is 31.5 Å². The van der Waals surface area contributed by atoms with Crippen LogP contribution in [0.1, 0.15) is 38.8 Å². The zero-order chi connectivity index (χ0) is 21.6. The van der Waals surface area contributed by atoms with Crippen molar-refractivity contribution >= 4 is 35.0 Å². The normalized spacial score (nSPS) is 11.2. The molecule has 0 radical (unpaired) electrons. The van der Waals surface area contributed by atoms with Crippen LogP contribution in [0.4, 0.5) is 5.69 Å². The smallest absolute Gasteiger partial charge is 0.314 e. The van der Waals surface area contributed by atoms with E-state index < -0.39 is 5.41 Å². The van der Waals surface area contributed by atoms with Gasteiger partial charge in [0, 0.05) is 23.2 Å². The van der Waals surface area contributed by atoms with Crippen molar-refractivity contribution in [2.24, 2.45) is 5.41 Å². The molecule has 0 bridgehead atoms. The van der Waals surface area contributed by atoms with Gasteiger partial charge in [0.25, 0.3) is 0 Å². The Kier molecular flexibility index (Phi) is 7.92. The molecule has 2 aromatic heterocycles. The Morgan fingerprint density at radius 3 is 2.52 bits per heavy atom. The predicted octanol–water partition coefficient (Wildman–Crippen LogP) is 3.90. The number of carbonyl (C=O) groups excluding carboxylic acids is 1. The Bertz CT molecular complexity index is 854. The van der Waals surface area contributed by atoms with E-state index in [1.165, 1.54) is 18.9 Å². The average Bonchev–Trinajstić information content (AvgIpc) is 2.66. The number of anilines is 1. The van der Waals surface area contributed by atoms with Gasteiger partial charge in [-0.25, -0.2) is 4.98 Å². The highest BCUT2D eigenvalue weighted by molar-refractivity contribution is 7.98. The molecule has 0 aliphatic heterocycles. The number of aromatic nitrogens is 3. The van der Waals surface area contributed by atoms with E-state index in [-0.39, 0.29) is 12.8 Å². The van der Waals surface area contributed by atoms with Crippen LogP contribution in [0.3, 0.4) is 0 Å². The molecule has 29 heavy (non-hydrogen) atoms. The van der Waals surface area contributed by atoms with Crippen molar-refractivity contribution in [1.82, 2.24) is 15.0 Å². The fraction of sp³-hybridized carbons (Fsp3) is 0.474. The number of pyridine rings is 1. The molecule has 0 fully saturated rings. The summed E-state index contributed by atoms with van der Waals surface area (Å²) in [6, 6.07) is 1.68. The minimum Gasteiger partial charge on any atom is -0.481 e. The van der Waals surface area contributed by atoms with Crippen molar-refractivity contribution in [3.63, 3.8) is 0 Å². The molecule has 8 nitrogen and oxygen atoms in total. The van der Waals surface area contributed by atoms with E-state index in [1.54, 1.807) is 33.0 Å². The van der Waals surface area contributed by atoms with Crippen LogP contribution < -0.4 is 15.2 Å². The standard InChI is InChI=1S/C19H25ClN4O4S/c1-6-11-15(26-5)23-18(29-9-12-13(21)7-8-22-14(12)20)24-16(11)27-10-28-17(25)19(2,3)4/h7-8H,6,9-10H2,1-5H3,(H2,21,22). The molecule has 2 N–H and O–H groups in total. The number of thioether (sulfide) groups is 1. The van der Waals surface area contributed by atoms with Crippen LogP contribution in [0.5, 0.6) is 11.8 Å². The summed E-state index contributed by atoms with van der Waals surface area (Å²) in [6.45, 7) is 6.98. The third-order valence-electron chi connectivity index (χ3n) is 3.84. The number of rotatable bonds is 8. The summed E-state index contributed by atoms with van der Waals surface area (Å²) in [4.78, 5) is 24.8. The minimum absolute atomic E-state index is 0.255. The number of methoxy groups -OCH3 is 1. The lowest BCUT2D eigenvalue weighted by molar-refractivity contribution is -0.159. The van der Waals surface area contributed by atoms with Gasteiger partial charge in [-0.15, -0.1) is 0 Å². The van der Waals surface area contributed by atoms with Gasteiger partial charge in [-0.2, -0.15) is 9.97 Å². The lowest BCUT2D eigenvalue weighted by Gasteiger charge is -2.18. The van der Waals surface area contributed by atoms with Crippen molar-refractivity contribution in [2.75, 3.05) is 19.6 Å². The molecule has 158 valence electrons. The second-order valence-electron chi connectivity index (χ2n) is 7.05. The summed E-state index contributed by atoms with van der Waals surface area (Å²) in [5.74, 6) is 0.750. The molecule has 0 aliphatic carbocycles. The number of carbonyl (C=O) groups is 1. The van der Waals surface area contributed by atoms with Gasteiger partial charge in [-0.05, 0) is 33.3 Å². The van der Waals surface area contributed by atoms with Crippen molar-refractivity contribution in [1.29, 1.82) is 0 Å². The molecule has 0 aromatic carbocycles. The second-order valence-corrected chi connectivity index (χ2v) is 8.36. The molecular formula is C19H25ClN4O4S. The maximum absolute atomic E-state index is 11.9. The number of hydrogen-bond acceptors (Lipinski definition) is 9. The van der Waals surface area contributed by atoms with Crippen molar-refractivity contribution in [2.45, 2.75) is 45.0 Å². The second kappa shape index (κ2) is 9.98. The average molecular weight is 441 g/mol. The summed E-state index contributed by atoms with van der Waals surface area (Å²) in [6.07, 6.45) is 2.13. The topological polar surface area (TPSA) is 109 Å². The third-order valence-corrected chi connectivity index (χ3v) is 5.04. The number of halogens is 1. The molecule has 10 heteroatoms. The molecule has 2 heterocycles. The van der Waals surface area contributed by atoms with Crippen molar-refractivity contribution < 1.29 is 19.0 Å². The number of nitrogen functional groups attached to an aromatic ring is 1. The zero-order valence-electron chi connectivity index (χ0n) is 17.1. The molecule has 0 saturated carbocycles. The zero-order valence-corrected chi connectivity index (χ0v) is 18.7. The van der Waals surface area contributed by atoms with Crippen LogP contribution in [-0.2, 0) is 21.7 Å². The number of nitrogens with zero attached hydrogens (tertiary/aromatic N) is 3. The molecule has 0 unspecified atom stereocenters. The first-order chi connectivity index (χ1) is 13.7. The molecular weight excluding hydrogens is 416 g/mol. The number of nitrogens with two attached hydrogens (primary N) is 1. The lowest BCUT2D eigenvalue weighted by Crippen LogP contribution is -2.25. The van der Waals surface area contributed by atoms with Gasteiger partial charge in [0.15, 0.2) is 5.16 Å². The van der Waals surface area contributed by atoms with Gasteiger partial charge >= 0.3 is 5.97 Å². The Balaban J connectivity index is 2.19. The van der Waals surface area contributed by atoms with Crippen molar-refractivity contribution in [3.8, 4) is 11.8 Å². The molecule has 2 aromatic rings. The van der Waals surface area contributed by atoms with Gasteiger partial charge in [0.2, 0.25) is 18.6 Å². The van der Waals surface area contributed by atoms with Gasteiger partial charge in [-0.1, -0.05) is 30.3 Å². The molecule has 0 atom stereocenters. The maximum atomic E-state index is 11.9. The summed E-state index contributed by atoms with van der Waals surface area (Å²) in [5.41, 5.74) is 7.27. The Morgan fingerprint density at radius 1 is 1.24 bits per heavy atom. The summed E-state index contributed by atoms with van der Waals surface area (Å²) in [7, 11) is 1.52. The molecule has 2 rings (SSSR count). The van der Waals surface area contributed by atoms with Gasteiger partial charge in [-0.3, -0.25) is 4.79 Å². The molecule has 0 aliphatic rings. The van der Waals surface area contributed by atoms with E-state index in [0.717, 1.165) is 0 Å². The van der Waals surface area contributed by atoms with Crippen LogP contribution in [0.2, 0.25) is 5.15 Å². The lowest BCUT2D eigenvalue weighted by atomic mass is 9.98. The Labute approximate surface area is 179 Å². The van der Waals surface area contributed by atoms with E-state index in [1.807, 2.05) is 6.92 Å². The fourth-order valence-electron chi connectivity index (χ4n) is 2.20. The summed E-state index contributed by atoms with van der Waals surface area (Å²) >= 11 is 7.44. The number of esters is 1. The molecule has 0 spiro atoms. The van der Waals surface area contributed by atoms with E-state index in [0.29, 0.717) is 51.1 Å². The Morgan fingerprint density at radius 2 is 1.93 bits per heavy atom. The van der Waals surface area contributed by atoms with Gasteiger partial charge in [0.1, 0.15) is 5.15 Å². The predicted molar refractivity (Wildman–Crippen MR) is 112 cm³/mol. The summed E-state index contributed by atoms with van der Waals surface area (Å²) in [5, 5.41) is 0.746. The van der Waals surface area contributed by atoms with Crippen LogP contribution in [0, 0.1) is 5.41 Å². The van der Waals surface area contributed by atoms with Crippen LogP contribution in [0.25, 0.3) is 0 Å². The highest BCUT2D eigenvalue weighted by Gasteiger charge is 2.24. The fourth-order valence-corrected chi connectivity index (χ4v) is 3.38. The quantitative estimate of drug-likeness (QED) is 0.215. The van der Waals surface area contributed by atoms with Crippen LogP contribution in [-0.4, -0.2) is 34.8 Å². The van der Waals surface area contributed by atoms with Crippen molar-refractivity contribution in [3.05, 3.63) is 28.5 Å². The SMILES string of the molecule is CCc1c(OC)nc(SCc2c(N)ccnc2Cl)nc1OCOC(=O)C(C)(C)C. The maximum Gasteiger partial charge on any atom is 0.314 e. The molecule has 0 saturated heterocycles. The van der Waals surface area contributed by atoms with Crippen LogP contribution >= 0.6 is 23.4 Å². The van der Waals surface area contributed by atoms with E-state index >= 15 is 0 Å². The van der Waals surface area contributed by atoms with E-state index in [2.05, 4.69) is 15.0 Å². The largest absolute Gasteiger partial charge is 0.481 e. The first kappa shape index (κ1) is 23.0. The summed E-state index contributed by atoms with van der Waals surface area (Å²) < 4.78 is 16.2. The Hall–Kier alpha value is -2.26. The van der Waals surface area contributed by atoms with E-state index in [9.17, 15) is 4.79 Å². The highest BCUT2D eigenvalue weighted by Crippen LogP contribution is 2.32. The monoisotopic (exact) mass is 440 g/mol. The van der Waals surface area contributed by atoms with Gasteiger partial charge in [0.05, 0.1) is 18.1 Å². The van der Waals surface area contributed by atoms with Gasteiger partial charge < -0.3 is 19.9 Å². The highest BCUT2D eigenvalue weighted by atomic mass is 35.5. The molecule has 0 amide bonds. The first-order valence-corrected chi connectivity index (χ1v) is 10.3.